The monoisotopic (exact) mass is 252 g/mol. The first kappa shape index (κ1) is 14.8. The highest BCUT2D eigenvalue weighted by atomic mass is 16.5. The number of likely N-dealkylation sites (N-methyl/N-ethyl adjacent to an activating group) is 1. The van der Waals surface area contributed by atoms with E-state index >= 15 is 0 Å². The van der Waals surface area contributed by atoms with Crippen molar-refractivity contribution in [2.24, 2.45) is 0 Å². The normalized spacial score (nSPS) is 12.3. The Balaban J connectivity index is 3.15. The van der Waals surface area contributed by atoms with Gasteiger partial charge in [0.1, 0.15) is 5.75 Å². The number of ether oxygens (including phenoxy) is 1. The molecule has 1 unspecified atom stereocenters. The van der Waals surface area contributed by atoms with Crippen LogP contribution in [-0.2, 0) is 0 Å². The molecule has 18 heavy (non-hydrogen) atoms. The van der Waals surface area contributed by atoms with E-state index < -0.39 is 0 Å². The van der Waals surface area contributed by atoms with E-state index in [9.17, 15) is 0 Å². The van der Waals surface area contributed by atoms with Crippen molar-refractivity contribution >= 4 is 5.69 Å². The molecule has 4 heteroatoms. The fourth-order valence-electron chi connectivity index (χ4n) is 2.16. The molecule has 0 aromatic heterocycles. The molecule has 1 rings (SSSR count). The molecule has 102 valence electrons. The number of rotatable bonds is 7. The zero-order valence-corrected chi connectivity index (χ0v) is 11.7. The molecule has 0 saturated carbocycles. The van der Waals surface area contributed by atoms with Gasteiger partial charge in [-0.05, 0) is 25.6 Å². The van der Waals surface area contributed by atoms with Gasteiger partial charge >= 0.3 is 0 Å². The number of aliphatic hydroxyl groups is 1. The average Bonchev–Trinajstić information content (AvgIpc) is 2.38. The summed E-state index contributed by atoms with van der Waals surface area (Å²) in [4.78, 5) is 2.05. The lowest BCUT2D eigenvalue weighted by Gasteiger charge is -2.26. The van der Waals surface area contributed by atoms with Gasteiger partial charge in [-0.2, -0.15) is 0 Å². The maximum Gasteiger partial charge on any atom is 0.125 e. The molecule has 0 spiro atoms. The number of anilines is 1. The Hall–Kier alpha value is -1.26. The van der Waals surface area contributed by atoms with Gasteiger partial charge in [-0.3, -0.25) is 0 Å². The molecule has 1 atom stereocenters. The van der Waals surface area contributed by atoms with Crippen LogP contribution in [0.15, 0.2) is 18.2 Å². The third-order valence-corrected chi connectivity index (χ3v) is 3.05. The molecule has 1 aromatic carbocycles. The summed E-state index contributed by atoms with van der Waals surface area (Å²) < 4.78 is 5.45. The van der Waals surface area contributed by atoms with E-state index in [-0.39, 0.29) is 12.6 Å². The summed E-state index contributed by atoms with van der Waals surface area (Å²) in [6.07, 6.45) is 0. The second kappa shape index (κ2) is 7.24. The molecule has 4 nitrogen and oxygen atoms in total. The molecule has 1 aromatic rings. The summed E-state index contributed by atoms with van der Waals surface area (Å²) in [5.74, 6) is 0.880. The van der Waals surface area contributed by atoms with Gasteiger partial charge in [0.05, 0.1) is 13.7 Å². The van der Waals surface area contributed by atoms with Gasteiger partial charge in [-0.15, -0.1) is 0 Å². The van der Waals surface area contributed by atoms with Crippen LogP contribution in [0, 0.1) is 0 Å². The number of aliphatic hydroxyl groups excluding tert-OH is 1. The number of benzene rings is 1. The Morgan fingerprint density at radius 1 is 1.44 bits per heavy atom. The van der Waals surface area contributed by atoms with Crippen molar-refractivity contribution < 1.29 is 9.84 Å². The minimum atomic E-state index is 0.142. The van der Waals surface area contributed by atoms with Crippen LogP contribution >= 0.6 is 0 Å². The maximum absolute atomic E-state index is 9.07. The highest BCUT2D eigenvalue weighted by molar-refractivity contribution is 5.60. The molecular formula is C14H24N2O2. The first-order valence-corrected chi connectivity index (χ1v) is 6.38. The van der Waals surface area contributed by atoms with Gasteiger partial charge < -0.3 is 20.1 Å². The second-order valence-electron chi connectivity index (χ2n) is 4.32. The molecule has 0 aliphatic rings. The smallest absolute Gasteiger partial charge is 0.125 e. The lowest BCUT2D eigenvalue weighted by molar-refractivity contribution is 0.304. The van der Waals surface area contributed by atoms with E-state index in [1.54, 1.807) is 7.11 Å². The van der Waals surface area contributed by atoms with Crippen molar-refractivity contribution in [2.75, 3.05) is 38.8 Å². The summed E-state index contributed by atoms with van der Waals surface area (Å²) in [6, 6.07) is 6.22. The van der Waals surface area contributed by atoms with Crippen LogP contribution in [0.4, 0.5) is 5.69 Å². The van der Waals surface area contributed by atoms with Gasteiger partial charge in [0.25, 0.3) is 0 Å². The summed E-state index contributed by atoms with van der Waals surface area (Å²) in [7, 11) is 3.67. The van der Waals surface area contributed by atoms with E-state index in [1.807, 2.05) is 24.1 Å². The van der Waals surface area contributed by atoms with Crippen molar-refractivity contribution in [1.82, 2.24) is 5.32 Å². The highest BCUT2D eigenvalue weighted by Crippen LogP contribution is 2.33. The van der Waals surface area contributed by atoms with Crippen molar-refractivity contribution in [3.63, 3.8) is 0 Å². The summed E-state index contributed by atoms with van der Waals surface area (Å²) in [5.41, 5.74) is 2.23. The molecular weight excluding hydrogens is 228 g/mol. The molecule has 0 bridgehead atoms. The van der Waals surface area contributed by atoms with Crippen LogP contribution in [0.3, 0.4) is 0 Å². The van der Waals surface area contributed by atoms with Crippen LogP contribution in [0.5, 0.6) is 5.75 Å². The lowest BCUT2D eigenvalue weighted by atomic mass is 10.0. The number of nitrogens with one attached hydrogen (secondary N) is 1. The molecule has 0 aliphatic heterocycles. The minimum Gasteiger partial charge on any atom is -0.496 e. The zero-order chi connectivity index (χ0) is 13.5. The number of hydrogen-bond acceptors (Lipinski definition) is 4. The third-order valence-electron chi connectivity index (χ3n) is 3.05. The molecule has 0 aliphatic carbocycles. The summed E-state index contributed by atoms with van der Waals surface area (Å²) >= 11 is 0. The average molecular weight is 252 g/mol. The number of nitrogens with zero attached hydrogens (tertiary/aromatic N) is 1. The lowest BCUT2D eigenvalue weighted by Crippen LogP contribution is -2.26. The second-order valence-corrected chi connectivity index (χ2v) is 4.32. The van der Waals surface area contributed by atoms with Gasteiger partial charge in [0, 0.05) is 30.9 Å². The van der Waals surface area contributed by atoms with Gasteiger partial charge in [0.15, 0.2) is 0 Å². The fourth-order valence-corrected chi connectivity index (χ4v) is 2.16. The molecule has 0 radical (unpaired) electrons. The third kappa shape index (κ3) is 3.37. The van der Waals surface area contributed by atoms with Crippen LogP contribution in [0.2, 0.25) is 0 Å². The maximum atomic E-state index is 9.07. The van der Waals surface area contributed by atoms with Crippen LogP contribution in [-0.4, -0.2) is 39.0 Å². The van der Waals surface area contributed by atoms with Gasteiger partial charge in [0.2, 0.25) is 0 Å². The number of hydrogen-bond donors (Lipinski definition) is 2. The molecule has 0 saturated heterocycles. The first-order valence-electron chi connectivity index (χ1n) is 6.38. The summed E-state index contributed by atoms with van der Waals surface area (Å²) in [5, 5.41) is 12.5. The van der Waals surface area contributed by atoms with E-state index in [1.165, 1.54) is 0 Å². The largest absolute Gasteiger partial charge is 0.496 e. The topological polar surface area (TPSA) is 44.7 Å². The van der Waals surface area contributed by atoms with Crippen molar-refractivity contribution in [3.05, 3.63) is 23.8 Å². The van der Waals surface area contributed by atoms with E-state index in [0.717, 1.165) is 23.5 Å². The van der Waals surface area contributed by atoms with Crippen LogP contribution in [0.25, 0.3) is 0 Å². The first-order chi connectivity index (χ1) is 8.65. The Morgan fingerprint density at radius 3 is 2.72 bits per heavy atom. The van der Waals surface area contributed by atoms with E-state index in [0.29, 0.717) is 6.54 Å². The SMILES string of the molecule is CCNC(C)c1c(OC)cccc1N(C)CCO. The predicted octanol–water partition coefficient (Wildman–Crippen LogP) is 1.79. The Labute approximate surface area is 110 Å². The predicted molar refractivity (Wildman–Crippen MR) is 75.4 cm³/mol. The van der Waals surface area contributed by atoms with Crippen LogP contribution in [0.1, 0.15) is 25.5 Å². The van der Waals surface area contributed by atoms with Crippen molar-refractivity contribution in [3.8, 4) is 5.75 Å². The molecule has 0 fully saturated rings. The van der Waals surface area contributed by atoms with E-state index in [2.05, 4.69) is 25.2 Å². The van der Waals surface area contributed by atoms with Gasteiger partial charge in [-0.25, -0.2) is 0 Å². The highest BCUT2D eigenvalue weighted by Gasteiger charge is 2.17. The summed E-state index contributed by atoms with van der Waals surface area (Å²) in [6.45, 7) is 5.87. The standard InChI is InChI=1S/C14H24N2O2/c1-5-15-11(2)14-12(16(3)9-10-17)7-6-8-13(14)18-4/h6-8,11,15,17H,5,9-10H2,1-4H3. The van der Waals surface area contributed by atoms with Crippen LogP contribution < -0.4 is 15.0 Å². The zero-order valence-electron chi connectivity index (χ0n) is 11.7. The fraction of sp³-hybridized carbons (Fsp3) is 0.571. The van der Waals surface area contributed by atoms with E-state index in [4.69, 9.17) is 9.84 Å². The molecule has 0 amide bonds. The molecule has 2 N–H and O–H groups in total. The van der Waals surface area contributed by atoms with Crippen molar-refractivity contribution in [2.45, 2.75) is 19.9 Å². The Morgan fingerprint density at radius 2 is 2.17 bits per heavy atom. The Kier molecular flexibility index (Phi) is 5.95. The Bertz CT molecular complexity index is 369. The molecule has 0 heterocycles. The van der Waals surface area contributed by atoms with Crippen molar-refractivity contribution in [1.29, 1.82) is 0 Å². The quantitative estimate of drug-likeness (QED) is 0.776. The van der Waals surface area contributed by atoms with Gasteiger partial charge in [-0.1, -0.05) is 13.0 Å². The minimum absolute atomic E-state index is 0.142. The number of methoxy groups -OCH3 is 1.